The zero-order valence-corrected chi connectivity index (χ0v) is 20.2. The van der Waals surface area contributed by atoms with Crippen molar-refractivity contribution in [2.75, 3.05) is 18.6 Å². The fourth-order valence-corrected chi connectivity index (χ4v) is 3.66. The van der Waals surface area contributed by atoms with Crippen LogP contribution in [0.15, 0.2) is 71.9 Å². The number of nitrogen functional groups attached to an aromatic ring is 2. The van der Waals surface area contributed by atoms with Crippen LogP contribution in [-0.2, 0) is 6.42 Å². The first-order valence-electron chi connectivity index (χ1n) is 11.2. The molecule has 37 heavy (non-hydrogen) atoms. The Balaban J connectivity index is 0.000000270. The zero-order chi connectivity index (χ0) is 26.4. The second kappa shape index (κ2) is 10.9. The van der Waals surface area contributed by atoms with Gasteiger partial charge in [-0.3, -0.25) is 9.36 Å². The van der Waals surface area contributed by atoms with Gasteiger partial charge >= 0.3 is 0 Å². The predicted molar refractivity (Wildman–Crippen MR) is 140 cm³/mol. The number of rotatable bonds is 4. The quantitative estimate of drug-likeness (QED) is 0.379. The van der Waals surface area contributed by atoms with Crippen molar-refractivity contribution in [2.45, 2.75) is 13.3 Å². The fraction of sp³-hybridized carbons (Fsp3) is 0.115. The molecule has 0 saturated carbocycles. The normalized spacial score (nSPS) is 10.3. The van der Waals surface area contributed by atoms with E-state index in [1.165, 1.54) is 12.5 Å². The van der Waals surface area contributed by atoms with Gasteiger partial charge in [0, 0.05) is 18.1 Å². The van der Waals surface area contributed by atoms with Gasteiger partial charge in [0.15, 0.2) is 0 Å². The summed E-state index contributed by atoms with van der Waals surface area (Å²) in [6.45, 7) is 1.99. The van der Waals surface area contributed by atoms with Crippen LogP contribution in [0, 0.1) is 11.3 Å². The molecule has 2 aromatic carbocycles. The molecule has 0 unspecified atom stereocenters. The molecule has 0 amide bonds. The molecule has 0 atom stereocenters. The Hall–Kier alpha value is -5.37. The molecule has 11 heteroatoms. The second-order valence-corrected chi connectivity index (χ2v) is 7.64. The Morgan fingerprint density at radius 2 is 1.81 bits per heavy atom. The maximum atomic E-state index is 13.5. The number of nitrogens with zero attached hydrogens (tertiary/aromatic N) is 7. The number of nitriles is 1. The minimum Gasteiger partial charge on any atom is -0.481 e. The molecule has 3 aromatic heterocycles. The van der Waals surface area contributed by atoms with Crippen LogP contribution in [0.3, 0.4) is 0 Å². The van der Waals surface area contributed by atoms with Gasteiger partial charge in [-0.15, -0.1) is 0 Å². The van der Waals surface area contributed by atoms with Crippen molar-refractivity contribution in [3.8, 4) is 28.9 Å². The molecule has 0 radical (unpaired) electrons. The molecule has 0 bridgehead atoms. The van der Waals surface area contributed by atoms with Crippen LogP contribution in [0.1, 0.15) is 18.3 Å². The number of anilines is 2. The average Bonchev–Trinajstić information content (AvgIpc) is 2.93. The molecule has 0 aliphatic rings. The first-order valence-corrected chi connectivity index (χ1v) is 11.2. The van der Waals surface area contributed by atoms with Crippen LogP contribution in [0.2, 0.25) is 0 Å². The molecular weight excluding hydrogens is 470 g/mol. The number of para-hydroxylation sites is 1. The summed E-state index contributed by atoms with van der Waals surface area (Å²) in [5.41, 5.74) is 13.4. The van der Waals surface area contributed by atoms with Gasteiger partial charge in [0.25, 0.3) is 5.56 Å². The van der Waals surface area contributed by atoms with Crippen molar-refractivity contribution >= 4 is 22.7 Å². The molecule has 11 nitrogen and oxygen atoms in total. The van der Waals surface area contributed by atoms with Gasteiger partial charge < -0.3 is 16.2 Å². The minimum atomic E-state index is -0.115. The minimum absolute atomic E-state index is 0.0801. The monoisotopic (exact) mass is 493 g/mol. The fourth-order valence-electron chi connectivity index (χ4n) is 3.66. The number of methoxy groups -OCH3 is 1. The van der Waals surface area contributed by atoms with Gasteiger partial charge in [-0.25, -0.2) is 19.9 Å². The Morgan fingerprint density at radius 1 is 1.03 bits per heavy atom. The van der Waals surface area contributed by atoms with Crippen molar-refractivity contribution in [3.05, 3.63) is 88.9 Å². The summed E-state index contributed by atoms with van der Waals surface area (Å²) in [6, 6.07) is 18.7. The van der Waals surface area contributed by atoms with Crippen LogP contribution >= 0.6 is 0 Å². The maximum Gasteiger partial charge on any atom is 0.266 e. The molecule has 184 valence electrons. The Labute approximate surface area is 212 Å². The zero-order valence-electron chi connectivity index (χ0n) is 20.2. The van der Waals surface area contributed by atoms with E-state index < -0.39 is 0 Å². The van der Waals surface area contributed by atoms with E-state index in [0.29, 0.717) is 34.5 Å². The second-order valence-electron chi connectivity index (χ2n) is 7.64. The number of aromatic nitrogens is 6. The van der Waals surface area contributed by atoms with Crippen molar-refractivity contribution < 1.29 is 4.74 Å². The summed E-state index contributed by atoms with van der Waals surface area (Å²) in [5.74, 6) is 1.36. The largest absolute Gasteiger partial charge is 0.481 e. The van der Waals surface area contributed by atoms with Crippen LogP contribution in [0.4, 0.5) is 11.8 Å². The molecular formula is C26H23N9O2. The third-order valence-electron chi connectivity index (χ3n) is 5.38. The van der Waals surface area contributed by atoms with E-state index in [2.05, 4.69) is 19.9 Å². The van der Waals surface area contributed by atoms with Gasteiger partial charge in [0.05, 0.1) is 35.6 Å². The summed E-state index contributed by atoms with van der Waals surface area (Å²) < 4.78 is 6.87. The molecule has 0 aliphatic carbocycles. The standard InChI is InChI=1S/C21H18N4O2.C5H5N5/c1-3-18-24-16-11-7-10-15(17-12-19(27-2)23-13-22-17)20(16)21(26)25(18)14-8-5-4-6-9-14;6-1-3-2-9-5(8)10-4(3)7/h4-13H,3H2,1-2H3;2H,(H4,7,8,9,10). The van der Waals surface area contributed by atoms with Gasteiger partial charge in [-0.1, -0.05) is 37.3 Å². The number of fused-ring (bicyclic) bond motifs is 1. The Kier molecular flexibility index (Phi) is 7.30. The van der Waals surface area contributed by atoms with Gasteiger partial charge in [-0.05, 0) is 18.2 Å². The number of hydrogen-bond acceptors (Lipinski definition) is 10. The van der Waals surface area contributed by atoms with Crippen molar-refractivity contribution in [3.63, 3.8) is 0 Å². The Morgan fingerprint density at radius 3 is 2.49 bits per heavy atom. The smallest absolute Gasteiger partial charge is 0.266 e. The molecule has 0 fully saturated rings. The summed E-state index contributed by atoms with van der Waals surface area (Å²) in [6.07, 6.45) is 3.36. The van der Waals surface area contributed by atoms with E-state index in [1.54, 1.807) is 17.7 Å². The highest BCUT2D eigenvalue weighted by Crippen LogP contribution is 2.26. The van der Waals surface area contributed by atoms with Crippen LogP contribution in [0.5, 0.6) is 5.88 Å². The summed E-state index contributed by atoms with van der Waals surface area (Å²) >= 11 is 0. The summed E-state index contributed by atoms with van der Waals surface area (Å²) in [5, 5.41) is 8.89. The lowest BCUT2D eigenvalue weighted by Gasteiger charge is -2.14. The lowest BCUT2D eigenvalue weighted by molar-refractivity contribution is 0.397. The van der Waals surface area contributed by atoms with Gasteiger partial charge in [0.2, 0.25) is 11.8 Å². The van der Waals surface area contributed by atoms with Crippen LogP contribution in [0.25, 0.3) is 27.8 Å². The molecule has 5 rings (SSSR count). The van der Waals surface area contributed by atoms with E-state index >= 15 is 0 Å². The number of ether oxygens (including phenoxy) is 1. The summed E-state index contributed by atoms with van der Waals surface area (Å²) in [4.78, 5) is 33.8. The van der Waals surface area contributed by atoms with E-state index in [1.807, 2.05) is 61.5 Å². The molecule has 0 aliphatic heterocycles. The van der Waals surface area contributed by atoms with Crippen LogP contribution in [-0.4, -0.2) is 36.6 Å². The predicted octanol–water partition coefficient (Wildman–Crippen LogP) is 2.93. The number of nitrogens with two attached hydrogens (primary N) is 2. The topological polar surface area (TPSA) is 172 Å². The third kappa shape index (κ3) is 5.18. The first-order chi connectivity index (χ1) is 18.0. The van der Waals surface area contributed by atoms with Gasteiger partial charge in [-0.2, -0.15) is 10.2 Å². The average molecular weight is 494 g/mol. The number of hydrogen-bond donors (Lipinski definition) is 2. The maximum absolute atomic E-state index is 13.5. The molecule has 0 spiro atoms. The van der Waals surface area contributed by atoms with E-state index in [0.717, 1.165) is 11.5 Å². The van der Waals surface area contributed by atoms with Crippen molar-refractivity contribution in [1.82, 2.24) is 29.5 Å². The summed E-state index contributed by atoms with van der Waals surface area (Å²) in [7, 11) is 1.55. The van der Waals surface area contributed by atoms with E-state index in [4.69, 9.17) is 26.5 Å². The van der Waals surface area contributed by atoms with Gasteiger partial charge in [0.1, 0.15) is 29.6 Å². The highest BCUT2D eigenvalue weighted by molar-refractivity contribution is 5.93. The Bertz CT molecular complexity index is 1660. The van der Waals surface area contributed by atoms with E-state index in [-0.39, 0.29) is 22.9 Å². The molecule has 4 N–H and O–H groups in total. The van der Waals surface area contributed by atoms with Crippen LogP contribution < -0.4 is 21.8 Å². The molecule has 5 aromatic rings. The first kappa shape index (κ1) is 24.7. The number of aryl methyl sites for hydroxylation is 1. The number of benzene rings is 2. The third-order valence-corrected chi connectivity index (χ3v) is 5.38. The van der Waals surface area contributed by atoms with Crippen molar-refractivity contribution in [2.24, 2.45) is 0 Å². The lowest BCUT2D eigenvalue weighted by atomic mass is 10.1. The highest BCUT2D eigenvalue weighted by atomic mass is 16.5. The highest BCUT2D eigenvalue weighted by Gasteiger charge is 2.16. The SMILES string of the molecule is CCc1nc2cccc(-c3cc(OC)ncn3)c2c(=O)n1-c1ccccc1.N#Cc1cnc(N)nc1N. The molecule has 3 heterocycles. The lowest BCUT2D eigenvalue weighted by Crippen LogP contribution is -2.24. The van der Waals surface area contributed by atoms with E-state index in [9.17, 15) is 4.79 Å². The molecule has 0 saturated heterocycles. The van der Waals surface area contributed by atoms with Crippen molar-refractivity contribution in [1.29, 1.82) is 5.26 Å².